The Labute approximate surface area is 194 Å². The highest BCUT2D eigenvalue weighted by Crippen LogP contribution is 2.41. The van der Waals surface area contributed by atoms with Crippen LogP contribution < -0.4 is 5.32 Å². The lowest BCUT2D eigenvalue weighted by molar-refractivity contribution is -0.157. The van der Waals surface area contributed by atoms with Crippen molar-refractivity contribution in [2.45, 2.75) is 43.7 Å². The fourth-order valence-electron chi connectivity index (χ4n) is 3.88. The first-order valence-corrected chi connectivity index (χ1v) is 10.9. The van der Waals surface area contributed by atoms with Crippen molar-refractivity contribution in [1.82, 2.24) is 10.2 Å². The molecule has 4 atom stereocenters. The number of amides is 2. The summed E-state index contributed by atoms with van der Waals surface area (Å²) in [6, 6.07) is 14.8. The number of carbonyl (C=O) groups excluding carboxylic acids is 3. The maximum absolute atomic E-state index is 15.5. The summed E-state index contributed by atoms with van der Waals surface area (Å²) >= 11 is 0. The quantitative estimate of drug-likeness (QED) is 0.646. The van der Waals surface area contributed by atoms with Gasteiger partial charge in [0.15, 0.2) is 6.10 Å². The average molecular weight is 474 g/mol. The zero-order chi connectivity index (χ0) is 24.3. The van der Waals surface area contributed by atoms with Crippen molar-refractivity contribution in [3.05, 3.63) is 71.8 Å². The van der Waals surface area contributed by atoms with Crippen LogP contribution in [0.25, 0.3) is 0 Å². The Balaban J connectivity index is 1.55. The van der Waals surface area contributed by atoms with E-state index in [-0.39, 0.29) is 23.7 Å². The molecule has 2 saturated heterocycles. The summed E-state index contributed by atoms with van der Waals surface area (Å²) < 4.78 is 47.0. The van der Waals surface area contributed by atoms with Crippen LogP contribution >= 0.6 is 0 Å². The lowest BCUT2D eigenvalue weighted by Gasteiger charge is -2.37. The van der Waals surface area contributed by atoms with Gasteiger partial charge in [0.25, 0.3) is 0 Å². The lowest BCUT2D eigenvalue weighted by atomic mass is 10.1. The summed E-state index contributed by atoms with van der Waals surface area (Å²) in [5.74, 6) is -5.48. The first-order valence-electron chi connectivity index (χ1n) is 10.9. The van der Waals surface area contributed by atoms with Gasteiger partial charge in [-0.05, 0) is 37.6 Å². The number of hydrogen-bond acceptors (Lipinski definition) is 6. The number of nitrogens with one attached hydrogen (secondary N) is 1. The largest absolute Gasteiger partial charge is 0.459 e. The van der Waals surface area contributed by atoms with Gasteiger partial charge in [0, 0.05) is 12.6 Å². The standard InChI is InChI=1S/C24H24F2N2O6/c1-15-12-13-28(23(31)27-15)22-24(25,26)19(34-21(30)17-10-6-3-7-11-17)18(33-22)14-32-20(29)16-8-4-2-5-9-16/h2-11,15,18-19,22H,12-14H2,1H3,(H,27,31)/t15?,18-,19-,22-/m1/s1. The molecular formula is C24H24F2N2O6. The minimum absolute atomic E-state index is 0.0309. The summed E-state index contributed by atoms with van der Waals surface area (Å²) in [6.45, 7) is 1.20. The first-order chi connectivity index (χ1) is 16.3. The number of ether oxygens (including phenoxy) is 3. The third-order valence-electron chi connectivity index (χ3n) is 5.70. The van der Waals surface area contributed by atoms with E-state index in [4.69, 9.17) is 14.2 Å². The van der Waals surface area contributed by atoms with E-state index in [1.807, 2.05) is 0 Å². The SMILES string of the molecule is CC1CCN([C@@H]2O[C@H](COC(=O)c3ccccc3)[C@@H](OC(=O)c3ccccc3)C2(F)F)C(=O)N1. The molecular weight excluding hydrogens is 450 g/mol. The van der Waals surface area contributed by atoms with Gasteiger partial charge in [-0.3, -0.25) is 4.90 Å². The number of benzene rings is 2. The number of hydrogen-bond donors (Lipinski definition) is 1. The van der Waals surface area contributed by atoms with Crippen LogP contribution in [0.15, 0.2) is 60.7 Å². The second-order valence-corrected chi connectivity index (χ2v) is 8.19. The van der Waals surface area contributed by atoms with E-state index in [2.05, 4.69) is 5.32 Å². The number of nitrogens with zero attached hydrogens (tertiary/aromatic N) is 1. The molecule has 0 spiro atoms. The highest BCUT2D eigenvalue weighted by Gasteiger charge is 2.64. The maximum Gasteiger partial charge on any atom is 0.338 e. The fraction of sp³-hybridized carbons (Fsp3) is 0.375. The van der Waals surface area contributed by atoms with Crippen molar-refractivity contribution in [2.75, 3.05) is 13.2 Å². The molecule has 2 fully saturated rings. The molecule has 2 heterocycles. The number of carbonyl (C=O) groups is 3. The molecule has 0 bridgehead atoms. The molecule has 34 heavy (non-hydrogen) atoms. The molecule has 2 aromatic carbocycles. The van der Waals surface area contributed by atoms with E-state index in [1.165, 1.54) is 24.3 Å². The molecule has 4 rings (SSSR count). The van der Waals surface area contributed by atoms with Gasteiger partial charge in [0.1, 0.15) is 12.7 Å². The van der Waals surface area contributed by atoms with Gasteiger partial charge in [-0.2, -0.15) is 8.78 Å². The highest BCUT2D eigenvalue weighted by molar-refractivity contribution is 5.90. The Hall–Kier alpha value is -3.53. The number of alkyl halides is 2. The van der Waals surface area contributed by atoms with Gasteiger partial charge < -0.3 is 19.5 Å². The Morgan fingerprint density at radius 1 is 1.06 bits per heavy atom. The number of urea groups is 1. The summed E-state index contributed by atoms with van der Waals surface area (Å²) in [5.41, 5.74) is 0.303. The molecule has 2 aromatic rings. The van der Waals surface area contributed by atoms with E-state index in [1.54, 1.807) is 43.3 Å². The van der Waals surface area contributed by atoms with Crippen molar-refractivity contribution in [1.29, 1.82) is 0 Å². The van der Waals surface area contributed by atoms with E-state index < -0.39 is 48.9 Å². The van der Waals surface area contributed by atoms with Gasteiger partial charge in [-0.15, -0.1) is 0 Å². The molecule has 2 aliphatic rings. The Morgan fingerprint density at radius 2 is 1.65 bits per heavy atom. The highest BCUT2D eigenvalue weighted by atomic mass is 19.3. The van der Waals surface area contributed by atoms with Crippen LogP contribution in [0.3, 0.4) is 0 Å². The Morgan fingerprint density at radius 3 is 2.24 bits per heavy atom. The maximum atomic E-state index is 15.5. The second kappa shape index (κ2) is 9.76. The van der Waals surface area contributed by atoms with Crippen LogP contribution in [-0.4, -0.2) is 66.4 Å². The normalized spacial score (nSPS) is 26.0. The van der Waals surface area contributed by atoms with E-state index >= 15 is 8.78 Å². The Bertz CT molecular complexity index is 1040. The van der Waals surface area contributed by atoms with Crippen LogP contribution in [0.4, 0.5) is 13.6 Å². The third kappa shape index (κ3) is 4.86. The van der Waals surface area contributed by atoms with Crippen LogP contribution in [0.1, 0.15) is 34.1 Å². The summed E-state index contributed by atoms with van der Waals surface area (Å²) in [5, 5.41) is 2.59. The molecule has 0 aliphatic carbocycles. The van der Waals surface area contributed by atoms with Crippen LogP contribution in [0.2, 0.25) is 0 Å². The smallest absolute Gasteiger partial charge is 0.338 e. The van der Waals surface area contributed by atoms with Crippen molar-refractivity contribution >= 4 is 18.0 Å². The van der Waals surface area contributed by atoms with Gasteiger partial charge in [0.05, 0.1) is 11.1 Å². The zero-order valence-electron chi connectivity index (χ0n) is 18.4. The van der Waals surface area contributed by atoms with Gasteiger partial charge in [-0.25, -0.2) is 14.4 Å². The third-order valence-corrected chi connectivity index (χ3v) is 5.70. The van der Waals surface area contributed by atoms with Crippen LogP contribution in [0, 0.1) is 0 Å². The average Bonchev–Trinajstić information content (AvgIpc) is 3.08. The van der Waals surface area contributed by atoms with E-state index in [9.17, 15) is 14.4 Å². The summed E-state index contributed by atoms with van der Waals surface area (Å²) in [6.07, 6.45) is -5.13. The van der Waals surface area contributed by atoms with E-state index in [0.29, 0.717) is 6.42 Å². The molecule has 0 saturated carbocycles. The Kier molecular flexibility index (Phi) is 6.78. The van der Waals surface area contributed by atoms with Crippen molar-refractivity contribution in [3.8, 4) is 0 Å². The number of halogens is 2. The topological polar surface area (TPSA) is 94.2 Å². The predicted molar refractivity (Wildman–Crippen MR) is 115 cm³/mol. The van der Waals surface area contributed by atoms with Crippen molar-refractivity contribution in [3.63, 3.8) is 0 Å². The van der Waals surface area contributed by atoms with Crippen LogP contribution in [0.5, 0.6) is 0 Å². The lowest BCUT2D eigenvalue weighted by Crippen LogP contribution is -2.59. The number of esters is 2. The number of rotatable bonds is 6. The van der Waals surface area contributed by atoms with Crippen LogP contribution in [-0.2, 0) is 14.2 Å². The molecule has 0 radical (unpaired) electrons. The molecule has 0 aromatic heterocycles. The zero-order valence-corrected chi connectivity index (χ0v) is 18.4. The minimum atomic E-state index is -3.76. The van der Waals surface area contributed by atoms with Gasteiger partial charge in [-0.1, -0.05) is 36.4 Å². The second-order valence-electron chi connectivity index (χ2n) is 8.19. The summed E-state index contributed by atoms with van der Waals surface area (Å²) in [7, 11) is 0. The minimum Gasteiger partial charge on any atom is -0.459 e. The monoisotopic (exact) mass is 474 g/mol. The predicted octanol–water partition coefficient (Wildman–Crippen LogP) is 3.23. The fourth-order valence-corrected chi connectivity index (χ4v) is 3.88. The van der Waals surface area contributed by atoms with Crippen molar-refractivity contribution < 1.29 is 37.4 Å². The summed E-state index contributed by atoms with van der Waals surface area (Å²) in [4.78, 5) is 38.2. The molecule has 1 unspecified atom stereocenters. The molecule has 1 N–H and O–H groups in total. The van der Waals surface area contributed by atoms with E-state index in [0.717, 1.165) is 4.90 Å². The molecule has 2 amide bonds. The van der Waals surface area contributed by atoms with Gasteiger partial charge in [0.2, 0.25) is 6.23 Å². The molecule has 10 heteroatoms. The van der Waals surface area contributed by atoms with Crippen molar-refractivity contribution in [2.24, 2.45) is 0 Å². The van der Waals surface area contributed by atoms with Gasteiger partial charge >= 0.3 is 23.9 Å². The molecule has 180 valence electrons. The first kappa shape index (κ1) is 23.6. The molecule has 8 nitrogen and oxygen atoms in total. The molecule has 2 aliphatic heterocycles.